The van der Waals surface area contributed by atoms with Crippen molar-refractivity contribution in [3.8, 4) is 0 Å². The summed E-state index contributed by atoms with van der Waals surface area (Å²) in [5, 5.41) is 0. The molecule has 1 fully saturated rings. The van der Waals surface area contributed by atoms with Gasteiger partial charge in [-0.3, -0.25) is 0 Å². The highest BCUT2D eigenvalue weighted by atomic mass is 16.6. The van der Waals surface area contributed by atoms with Gasteiger partial charge in [-0.25, -0.2) is 0 Å². The van der Waals surface area contributed by atoms with Gasteiger partial charge in [0.2, 0.25) is 0 Å². The summed E-state index contributed by atoms with van der Waals surface area (Å²) in [6, 6.07) is 0. The molecular formula is C4H9BO2. The predicted molar refractivity (Wildman–Crippen MR) is 28.1 cm³/mol. The molecule has 0 atom stereocenters. The van der Waals surface area contributed by atoms with Crippen LogP contribution in [-0.4, -0.2) is 20.3 Å². The Hall–Kier alpha value is -0.0151. The maximum atomic E-state index is 5.08. The first-order chi connectivity index (χ1) is 3.43. The van der Waals surface area contributed by atoms with Crippen LogP contribution in [0.25, 0.3) is 0 Å². The molecule has 1 saturated heterocycles. The normalized spacial score (nSPS) is 21.0. The van der Waals surface area contributed by atoms with Crippen molar-refractivity contribution >= 4 is 7.12 Å². The molecule has 0 spiro atoms. The first kappa shape index (κ1) is 5.13. The van der Waals surface area contributed by atoms with E-state index in [1.54, 1.807) is 0 Å². The minimum atomic E-state index is 0.0972. The van der Waals surface area contributed by atoms with Gasteiger partial charge in [0.05, 0.1) is 13.2 Å². The third-order valence-electron chi connectivity index (χ3n) is 1.02. The Bertz CT molecular complexity index is 51.7. The van der Waals surface area contributed by atoms with Gasteiger partial charge in [-0.05, 0) is 6.32 Å². The van der Waals surface area contributed by atoms with Gasteiger partial charge in [-0.15, -0.1) is 0 Å². The van der Waals surface area contributed by atoms with Crippen molar-refractivity contribution in [1.82, 2.24) is 0 Å². The summed E-state index contributed by atoms with van der Waals surface area (Å²) in [4.78, 5) is 0. The van der Waals surface area contributed by atoms with E-state index in [0.717, 1.165) is 19.5 Å². The Labute approximate surface area is 43.9 Å². The molecular weight excluding hydrogens is 90.9 g/mol. The molecule has 1 rings (SSSR count). The molecule has 40 valence electrons. The number of hydrogen-bond donors (Lipinski definition) is 0. The van der Waals surface area contributed by atoms with Crippen molar-refractivity contribution in [3.63, 3.8) is 0 Å². The first-order valence-electron chi connectivity index (χ1n) is 2.66. The molecule has 0 bridgehead atoms. The van der Waals surface area contributed by atoms with E-state index in [0.29, 0.717) is 0 Å². The van der Waals surface area contributed by atoms with E-state index >= 15 is 0 Å². The van der Waals surface area contributed by atoms with Crippen molar-refractivity contribution in [1.29, 1.82) is 0 Å². The van der Waals surface area contributed by atoms with Gasteiger partial charge >= 0.3 is 7.12 Å². The maximum absolute atomic E-state index is 5.08. The van der Waals surface area contributed by atoms with Crippen LogP contribution in [0.1, 0.15) is 6.92 Å². The van der Waals surface area contributed by atoms with Crippen LogP contribution >= 0.6 is 0 Å². The van der Waals surface area contributed by atoms with Crippen LogP contribution in [-0.2, 0) is 9.31 Å². The van der Waals surface area contributed by atoms with Gasteiger partial charge in [0.1, 0.15) is 0 Å². The van der Waals surface area contributed by atoms with E-state index in [1.165, 1.54) is 0 Å². The van der Waals surface area contributed by atoms with Crippen LogP contribution in [0, 0.1) is 0 Å². The van der Waals surface area contributed by atoms with Crippen molar-refractivity contribution in [2.45, 2.75) is 13.2 Å². The van der Waals surface area contributed by atoms with Gasteiger partial charge in [0.25, 0.3) is 0 Å². The second-order valence-electron chi connectivity index (χ2n) is 1.58. The van der Waals surface area contributed by atoms with Crippen LogP contribution < -0.4 is 0 Å². The SMILES string of the molecule is CCB1OCCO1. The molecule has 1 aliphatic rings. The molecule has 7 heavy (non-hydrogen) atoms. The minimum absolute atomic E-state index is 0.0972. The predicted octanol–water partition coefficient (Wildman–Crippen LogP) is 0.541. The molecule has 0 aliphatic carbocycles. The van der Waals surface area contributed by atoms with E-state index in [9.17, 15) is 0 Å². The fraction of sp³-hybridized carbons (Fsp3) is 1.00. The highest BCUT2D eigenvalue weighted by Crippen LogP contribution is 2.01. The van der Waals surface area contributed by atoms with Crippen LogP contribution in [0.2, 0.25) is 6.32 Å². The summed E-state index contributed by atoms with van der Waals surface area (Å²) in [6.07, 6.45) is 0.972. The Morgan fingerprint density at radius 3 is 2.29 bits per heavy atom. The number of hydrogen-bond acceptors (Lipinski definition) is 2. The van der Waals surface area contributed by atoms with Gasteiger partial charge in [0, 0.05) is 0 Å². The molecule has 0 saturated carbocycles. The van der Waals surface area contributed by atoms with E-state index in [-0.39, 0.29) is 7.12 Å². The quantitative estimate of drug-likeness (QED) is 0.447. The van der Waals surface area contributed by atoms with Gasteiger partial charge in [-0.1, -0.05) is 6.92 Å². The van der Waals surface area contributed by atoms with Gasteiger partial charge in [-0.2, -0.15) is 0 Å². The third-order valence-corrected chi connectivity index (χ3v) is 1.02. The Balaban J connectivity index is 2.14. The molecule has 0 aromatic heterocycles. The van der Waals surface area contributed by atoms with Crippen LogP contribution in [0.3, 0.4) is 0 Å². The van der Waals surface area contributed by atoms with E-state index in [1.807, 2.05) is 0 Å². The van der Waals surface area contributed by atoms with Crippen LogP contribution in [0.4, 0.5) is 0 Å². The standard InChI is InChI=1S/C4H9BO2/c1-2-5-6-3-4-7-5/h2-4H2,1H3. The lowest BCUT2D eigenvalue weighted by Gasteiger charge is -1.94. The second kappa shape index (κ2) is 2.33. The average molecular weight is 99.9 g/mol. The van der Waals surface area contributed by atoms with Crippen molar-refractivity contribution in [3.05, 3.63) is 0 Å². The lowest BCUT2D eigenvalue weighted by molar-refractivity contribution is 0.365. The van der Waals surface area contributed by atoms with Crippen molar-refractivity contribution < 1.29 is 9.31 Å². The molecule has 0 amide bonds. The van der Waals surface area contributed by atoms with E-state index in [2.05, 4.69) is 6.92 Å². The summed E-state index contributed by atoms with van der Waals surface area (Å²) in [5.41, 5.74) is 0. The highest BCUT2D eigenvalue weighted by Gasteiger charge is 2.19. The number of rotatable bonds is 1. The molecule has 2 nitrogen and oxygen atoms in total. The van der Waals surface area contributed by atoms with Crippen molar-refractivity contribution in [2.24, 2.45) is 0 Å². The Morgan fingerprint density at radius 2 is 2.00 bits per heavy atom. The second-order valence-corrected chi connectivity index (χ2v) is 1.58. The van der Waals surface area contributed by atoms with E-state index in [4.69, 9.17) is 9.31 Å². The lowest BCUT2D eigenvalue weighted by Crippen LogP contribution is -2.10. The average Bonchev–Trinajstić information content (AvgIpc) is 2.14. The summed E-state index contributed by atoms with van der Waals surface area (Å²) in [7, 11) is 0.0972. The van der Waals surface area contributed by atoms with Crippen LogP contribution in [0.15, 0.2) is 0 Å². The molecule has 1 heterocycles. The van der Waals surface area contributed by atoms with E-state index < -0.39 is 0 Å². The van der Waals surface area contributed by atoms with Crippen LogP contribution in [0.5, 0.6) is 0 Å². The summed E-state index contributed by atoms with van der Waals surface area (Å²) in [6.45, 7) is 3.60. The Kier molecular flexibility index (Phi) is 1.71. The first-order valence-corrected chi connectivity index (χ1v) is 2.66. The van der Waals surface area contributed by atoms with Gasteiger partial charge in [0.15, 0.2) is 0 Å². The fourth-order valence-corrected chi connectivity index (χ4v) is 0.643. The molecule has 3 heteroatoms. The molecule has 1 aliphatic heterocycles. The largest absolute Gasteiger partial charge is 0.456 e. The zero-order chi connectivity index (χ0) is 5.11. The lowest BCUT2D eigenvalue weighted by atomic mass is 9.87. The molecule has 0 radical (unpaired) electrons. The molecule has 0 unspecified atom stereocenters. The highest BCUT2D eigenvalue weighted by molar-refractivity contribution is 6.44. The molecule has 0 aromatic rings. The van der Waals surface area contributed by atoms with Gasteiger partial charge < -0.3 is 9.31 Å². The third kappa shape index (κ3) is 1.18. The Morgan fingerprint density at radius 1 is 1.43 bits per heavy atom. The summed E-state index contributed by atoms with van der Waals surface area (Å²) < 4.78 is 10.2. The van der Waals surface area contributed by atoms with Crippen molar-refractivity contribution in [2.75, 3.05) is 13.2 Å². The molecule has 0 N–H and O–H groups in total. The topological polar surface area (TPSA) is 18.5 Å². The fourth-order valence-electron chi connectivity index (χ4n) is 0.643. The minimum Gasteiger partial charge on any atom is -0.409 e. The maximum Gasteiger partial charge on any atom is 0.456 e. The zero-order valence-electron chi connectivity index (χ0n) is 4.52. The smallest absolute Gasteiger partial charge is 0.409 e. The summed E-state index contributed by atoms with van der Waals surface area (Å²) in [5.74, 6) is 0. The zero-order valence-corrected chi connectivity index (χ0v) is 4.52. The summed E-state index contributed by atoms with van der Waals surface area (Å²) >= 11 is 0. The monoisotopic (exact) mass is 100 g/mol. The molecule has 0 aromatic carbocycles.